The van der Waals surface area contributed by atoms with Gasteiger partial charge in [-0.1, -0.05) is 15.9 Å². The lowest BCUT2D eigenvalue weighted by Crippen LogP contribution is -2.06. The van der Waals surface area contributed by atoms with Crippen LogP contribution in [0.1, 0.15) is 23.1 Å². The Morgan fingerprint density at radius 1 is 1.53 bits per heavy atom. The van der Waals surface area contributed by atoms with Gasteiger partial charge in [0, 0.05) is 4.47 Å². The summed E-state index contributed by atoms with van der Waals surface area (Å²) in [5, 5.41) is 11.5. The fourth-order valence-corrected chi connectivity index (χ4v) is 2.03. The Morgan fingerprint density at radius 3 is 2.84 bits per heavy atom. The first-order chi connectivity index (χ1) is 8.97. The first kappa shape index (κ1) is 13.5. The number of halogens is 1. The second-order valence-corrected chi connectivity index (χ2v) is 4.83. The van der Waals surface area contributed by atoms with Crippen LogP contribution in [0, 0.1) is 0 Å². The number of ether oxygens (including phenoxy) is 1. The molecule has 0 atom stereocenters. The van der Waals surface area contributed by atoms with E-state index in [1.807, 2.05) is 0 Å². The summed E-state index contributed by atoms with van der Waals surface area (Å²) < 4.78 is 6.26. The van der Waals surface area contributed by atoms with Crippen LogP contribution in [0.5, 0.6) is 5.75 Å². The third kappa shape index (κ3) is 3.08. The standard InChI is InChI=1S/C11H12BrN5O2/c1-6(18)8-3-7(12)4-9(13)11(8)19-5-10-14-16-17(2)15-10/h3-4H,5,13H2,1-2H3. The van der Waals surface area contributed by atoms with Crippen molar-refractivity contribution in [3.8, 4) is 5.75 Å². The molecule has 0 unspecified atom stereocenters. The molecule has 100 valence electrons. The molecule has 0 saturated carbocycles. The van der Waals surface area contributed by atoms with Crippen LogP contribution >= 0.6 is 15.9 Å². The molecule has 1 aromatic heterocycles. The molecule has 0 spiro atoms. The number of ketones is 1. The molecule has 0 aliphatic rings. The zero-order valence-electron chi connectivity index (χ0n) is 10.4. The van der Waals surface area contributed by atoms with E-state index >= 15 is 0 Å². The summed E-state index contributed by atoms with van der Waals surface area (Å²) in [5.74, 6) is 0.623. The van der Waals surface area contributed by atoms with Crippen molar-refractivity contribution in [3.05, 3.63) is 28.0 Å². The molecule has 7 nitrogen and oxygen atoms in total. The van der Waals surface area contributed by atoms with Crippen LogP contribution in [-0.2, 0) is 13.7 Å². The van der Waals surface area contributed by atoms with Gasteiger partial charge in [0.05, 0.1) is 18.3 Å². The van der Waals surface area contributed by atoms with E-state index in [1.54, 1.807) is 19.2 Å². The van der Waals surface area contributed by atoms with Gasteiger partial charge in [0.25, 0.3) is 0 Å². The van der Waals surface area contributed by atoms with Gasteiger partial charge in [-0.15, -0.1) is 10.2 Å². The van der Waals surface area contributed by atoms with Crippen LogP contribution in [-0.4, -0.2) is 26.0 Å². The van der Waals surface area contributed by atoms with Crippen molar-refractivity contribution in [2.45, 2.75) is 13.5 Å². The maximum absolute atomic E-state index is 11.6. The quantitative estimate of drug-likeness (QED) is 0.673. The molecule has 2 rings (SSSR count). The van der Waals surface area contributed by atoms with E-state index < -0.39 is 0 Å². The smallest absolute Gasteiger partial charge is 0.212 e. The molecule has 0 saturated heterocycles. The third-order valence-electron chi connectivity index (χ3n) is 2.36. The average Bonchev–Trinajstić information content (AvgIpc) is 2.73. The molecule has 1 aromatic carbocycles. The Balaban J connectivity index is 2.26. The van der Waals surface area contributed by atoms with Crippen LogP contribution < -0.4 is 10.5 Å². The second-order valence-electron chi connectivity index (χ2n) is 3.91. The monoisotopic (exact) mass is 325 g/mol. The fourth-order valence-electron chi connectivity index (χ4n) is 1.56. The number of aromatic nitrogens is 4. The van der Waals surface area contributed by atoms with Crippen molar-refractivity contribution >= 4 is 27.4 Å². The van der Waals surface area contributed by atoms with E-state index in [0.717, 1.165) is 4.47 Å². The minimum Gasteiger partial charge on any atom is -0.483 e. The maximum Gasteiger partial charge on any atom is 0.212 e. The molecule has 0 amide bonds. The predicted octanol–water partition coefficient (Wildman–Crippen LogP) is 1.34. The van der Waals surface area contributed by atoms with Crippen LogP contribution in [0.4, 0.5) is 5.69 Å². The third-order valence-corrected chi connectivity index (χ3v) is 2.81. The van der Waals surface area contributed by atoms with Crippen LogP contribution in [0.15, 0.2) is 16.6 Å². The minimum absolute atomic E-state index is 0.0972. The van der Waals surface area contributed by atoms with Gasteiger partial charge >= 0.3 is 0 Å². The second kappa shape index (κ2) is 5.35. The Labute approximate surface area is 117 Å². The van der Waals surface area contributed by atoms with Gasteiger partial charge in [-0.2, -0.15) is 4.80 Å². The van der Waals surface area contributed by atoms with Crippen molar-refractivity contribution < 1.29 is 9.53 Å². The lowest BCUT2D eigenvalue weighted by Gasteiger charge is -2.11. The summed E-state index contributed by atoms with van der Waals surface area (Å²) in [6.07, 6.45) is 0. The molecular formula is C11H12BrN5O2. The van der Waals surface area contributed by atoms with E-state index in [0.29, 0.717) is 22.8 Å². The first-order valence-corrected chi connectivity index (χ1v) is 6.22. The van der Waals surface area contributed by atoms with Gasteiger partial charge in [-0.3, -0.25) is 4.79 Å². The topological polar surface area (TPSA) is 95.9 Å². The largest absolute Gasteiger partial charge is 0.483 e. The molecule has 2 aromatic rings. The summed E-state index contributed by atoms with van der Waals surface area (Å²) in [4.78, 5) is 12.9. The number of Topliss-reactive ketones (excluding diaryl/α,β-unsaturated/α-hetero) is 1. The Bertz CT molecular complexity index is 626. The molecule has 19 heavy (non-hydrogen) atoms. The van der Waals surface area contributed by atoms with Gasteiger partial charge in [-0.25, -0.2) is 0 Å². The molecular weight excluding hydrogens is 314 g/mol. The number of hydrogen-bond donors (Lipinski definition) is 1. The molecule has 0 bridgehead atoms. The molecule has 0 fully saturated rings. The molecule has 1 heterocycles. The summed E-state index contributed by atoms with van der Waals surface area (Å²) >= 11 is 3.29. The number of anilines is 1. The Kier molecular flexibility index (Phi) is 3.79. The number of carbonyl (C=O) groups excluding carboxylic acids is 1. The lowest BCUT2D eigenvalue weighted by atomic mass is 10.1. The highest BCUT2D eigenvalue weighted by molar-refractivity contribution is 9.10. The normalized spacial score (nSPS) is 10.5. The molecule has 8 heteroatoms. The van der Waals surface area contributed by atoms with Crippen LogP contribution in [0.3, 0.4) is 0 Å². The van der Waals surface area contributed by atoms with E-state index in [1.165, 1.54) is 11.7 Å². The van der Waals surface area contributed by atoms with E-state index in [9.17, 15) is 4.79 Å². The maximum atomic E-state index is 11.6. The average molecular weight is 326 g/mol. The number of nitrogens with two attached hydrogens (primary N) is 1. The number of aryl methyl sites for hydroxylation is 1. The van der Waals surface area contributed by atoms with Gasteiger partial charge in [0.15, 0.2) is 18.1 Å². The lowest BCUT2D eigenvalue weighted by molar-refractivity contribution is 0.101. The summed E-state index contributed by atoms with van der Waals surface area (Å²) in [5.41, 5.74) is 6.65. The van der Waals surface area contributed by atoms with Gasteiger partial charge in [0.1, 0.15) is 0 Å². The zero-order valence-corrected chi connectivity index (χ0v) is 12.0. The SMILES string of the molecule is CC(=O)c1cc(Br)cc(N)c1OCc1nnn(C)n1. The van der Waals surface area contributed by atoms with Crippen molar-refractivity contribution in [3.63, 3.8) is 0 Å². The van der Waals surface area contributed by atoms with Crippen molar-refractivity contribution in [2.75, 3.05) is 5.73 Å². The number of hydrogen-bond acceptors (Lipinski definition) is 6. The summed E-state index contributed by atoms with van der Waals surface area (Å²) in [6, 6.07) is 3.34. The van der Waals surface area contributed by atoms with Crippen LogP contribution in [0.25, 0.3) is 0 Å². The fraction of sp³-hybridized carbons (Fsp3) is 0.273. The predicted molar refractivity (Wildman–Crippen MR) is 71.7 cm³/mol. The highest BCUT2D eigenvalue weighted by Crippen LogP contribution is 2.31. The number of carbonyl (C=O) groups is 1. The van der Waals surface area contributed by atoms with Crippen molar-refractivity contribution in [2.24, 2.45) is 7.05 Å². The number of rotatable bonds is 4. The van der Waals surface area contributed by atoms with Gasteiger partial charge < -0.3 is 10.5 Å². The first-order valence-electron chi connectivity index (χ1n) is 5.43. The van der Waals surface area contributed by atoms with Gasteiger partial charge in [-0.05, 0) is 24.3 Å². The zero-order chi connectivity index (χ0) is 14.0. The number of nitrogens with zero attached hydrogens (tertiary/aromatic N) is 4. The van der Waals surface area contributed by atoms with Crippen molar-refractivity contribution in [1.29, 1.82) is 0 Å². The van der Waals surface area contributed by atoms with Crippen LogP contribution in [0.2, 0.25) is 0 Å². The molecule has 0 aliphatic heterocycles. The molecule has 0 radical (unpaired) electrons. The van der Waals surface area contributed by atoms with E-state index in [4.69, 9.17) is 10.5 Å². The summed E-state index contributed by atoms with van der Waals surface area (Å²) in [7, 11) is 1.66. The highest BCUT2D eigenvalue weighted by atomic mass is 79.9. The number of nitrogen functional groups attached to an aromatic ring is 1. The molecule has 0 aliphatic carbocycles. The highest BCUT2D eigenvalue weighted by Gasteiger charge is 2.14. The van der Waals surface area contributed by atoms with E-state index in [-0.39, 0.29) is 12.4 Å². The van der Waals surface area contributed by atoms with E-state index in [2.05, 4.69) is 31.3 Å². The van der Waals surface area contributed by atoms with Gasteiger partial charge in [0.2, 0.25) is 5.82 Å². The minimum atomic E-state index is -0.130. The number of tetrazole rings is 1. The number of benzene rings is 1. The Hall–Kier alpha value is -1.96. The molecule has 2 N–H and O–H groups in total. The summed E-state index contributed by atoms with van der Waals surface area (Å²) in [6.45, 7) is 1.55. The van der Waals surface area contributed by atoms with Crippen molar-refractivity contribution in [1.82, 2.24) is 20.2 Å². The Morgan fingerprint density at radius 2 is 2.26 bits per heavy atom.